The molecule has 1 aromatic heterocycles. The van der Waals surface area contributed by atoms with Crippen LogP contribution >= 0.6 is 11.3 Å². The third-order valence-corrected chi connectivity index (χ3v) is 9.50. The van der Waals surface area contributed by atoms with Crippen LogP contribution < -0.4 is 9.64 Å². The van der Waals surface area contributed by atoms with Crippen molar-refractivity contribution >= 4 is 33.6 Å². The van der Waals surface area contributed by atoms with Gasteiger partial charge in [-0.05, 0) is 41.7 Å². The number of aromatic nitrogens is 1. The number of ether oxygens (including phenoxy) is 1. The number of carboxylic acid groups (broad SMARTS) is 1. The quantitative estimate of drug-likeness (QED) is 0.424. The number of para-hydroxylation sites is 1. The Hall–Kier alpha value is -2.59. The summed E-state index contributed by atoms with van der Waals surface area (Å²) in [5.74, 6) is 1.32. The largest absolute Gasteiger partial charge is 0.616 e. The van der Waals surface area contributed by atoms with Crippen molar-refractivity contribution in [1.82, 2.24) is 9.88 Å². The molecule has 0 bridgehead atoms. The molecule has 196 valence electrons. The second-order valence-electron chi connectivity index (χ2n) is 10.0. The Morgan fingerprint density at radius 3 is 2.73 bits per heavy atom. The molecular weight excluding hydrogens is 506 g/mol. The Kier molecular flexibility index (Phi) is 8.04. The summed E-state index contributed by atoms with van der Waals surface area (Å²) in [5, 5.41) is 12.3. The molecule has 2 aliphatic rings. The van der Waals surface area contributed by atoms with E-state index in [-0.39, 0.29) is 11.8 Å². The molecule has 2 aromatic carbocycles. The first-order valence-electron chi connectivity index (χ1n) is 12.7. The van der Waals surface area contributed by atoms with Gasteiger partial charge in [0.05, 0.1) is 11.6 Å². The van der Waals surface area contributed by atoms with Gasteiger partial charge < -0.3 is 19.3 Å². The van der Waals surface area contributed by atoms with E-state index in [0.29, 0.717) is 19.7 Å². The Morgan fingerprint density at radius 1 is 1.22 bits per heavy atom. The van der Waals surface area contributed by atoms with Gasteiger partial charge in [-0.15, -0.1) is 11.3 Å². The lowest BCUT2D eigenvalue weighted by molar-refractivity contribution is -0.142. The Balaban J connectivity index is 1.24. The number of carbonyl (C=O) groups is 1. The number of nitrogens with zero attached hydrogens (tertiary/aromatic N) is 3. The Bertz CT molecular complexity index is 1240. The highest BCUT2D eigenvalue weighted by molar-refractivity contribution is 7.91. The van der Waals surface area contributed by atoms with Crippen LogP contribution in [0.4, 0.5) is 5.13 Å². The van der Waals surface area contributed by atoms with Gasteiger partial charge in [-0.3, -0.25) is 9.69 Å². The molecule has 37 heavy (non-hydrogen) atoms. The van der Waals surface area contributed by atoms with E-state index < -0.39 is 17.1 Å². The second kappa shape index (κ2) is 11.4. The fourth-order valence-corrected chi connectivity index (χ4v) is 7.02. The first-order chi connectivity index (χ1) is 17.9. The molecule has 2 unspecified atom stereocenters. The summed E-state index contributed by atoms with van der Waals surface area (Å²) in [6, 6.07) is 14.5. The van der Waals surface area contributed by atoms with Gasteiger partial charge in [-0.25, -0.2) is 4.98 Å². The van der Waals surface area contributed by atoms with Crippen LogP contribution in [-0.2, 0) is 29.1 Å². The summed E-state index contributed by atoms with van der Waals surface area (Å²) < 4.78 is 17.9. The maximum absolute atomic E-state index is 11.6. The second-order valence-corrected chi connectivity index (χ2v) is 12.5. The van der Waals surface area contributed by atoms with E-state index in [1.807, 2.05) is 36.6 Å². The van der Waals surface area contributed by atoms with Crippen molar-refractivity contribution in [2.24, 2.45) is 11.8 Å². The molecule has 2 aliphatic heterocycles. The lowest BCUT2D eigenvalue weighted by atomic mass is 9.99. The monoisotopic (exact) mass is 539 g/mol. The van der Waals surface area contributed by atoms with Crippen LogP contribution in [0.3, 0.4) is 0 Å². The number of benzene rings is 2. The Morgan fingerprint density at radius 2 is 2.00 bits per heavy atom. The average Bonchev–Trinajstić information content (AvgIpc) is 3.52. The number of rotatable bonds is 8. The number of thiazole rings is 1. The van der Waals surface area contributed by atoms with Crippen LogP contribution in [-0.4, -0.2) is 63.2 Å². The van der Waals surface area contributed by atoms with Crippen molar-refractivity contribution in [1.29, 1.82) is 0 Å². The summed E-state index contributed by atoms with van der Waals surface area (Å²) in [6.45, 7) is 8.44. The molecule has 2 atom stereocenters. The zero-order valence-electron chi connectivity index (χ0n) is 21.3. The summed E-state index contributed by atoms with van der Waals surface area (Å²) in [4.78, 5) is 20.8. The van der Waals surface area contributed by atoms with E-state index >= 15 is 0 Å². The molecule has 9 heteroatoms. The molecule has 3 heterocycles. The van der Waals surface area contributed by atoms with Crippen LogP contribution in [0.1, 0.15) is 23.6 Å². The van der Waals surface area contributed by atoms with Gasteiger partial charge in [0.15, 0.2) is 5.13 Å². The average molecular weight is 540 g/mol. The molecule has 0 spiro atoms. The maximum Gasteiger partial charge on any atom is 0.308 e. The predicted molar refractivity (Wildman–Crippen MR) is 149 cm³/mol. The summed E-state index contributed by atoms with van der Waals surface area (Å²) in [7, 11) is 0. The van der Waals surface area contributed by atoms with Crippen molar-refractivity contribution in [2.75, 3.05) is 42.6 Å². The van der Waals surface area contributed by atoms with Gasteiger partial charge in [0.2, 0.25) is 0 Å². The third kappa shape index (κ3) is 6.12. The standard InChI is InChI=1S/C28H33N3O4S2/c1-19-13-21(15-30-9-11-37(34)12-10-30)7-8-22(19)17-35-26-6-4-3-5-23(26)25-18-36-28(29-25)31-14-20(2)24(16-31)27(32)33/h3-8,13,18,20,24H,9-12,14-17H2,1-2H3,(H,32,33). The molecule has 0 saturated carbocycles. The fraction of sp³-hybridized carbons (Fsp3) is 0.429. The lowest BCUT2D eigenvalue weighted by Gasteiger charge is -2.28. The number of hydrogen-bond acceptors (Lipinski definition) is 7. The van der Waals surface area contributed by atoms with E-state index in [2.05, 4.69) is 34.9 Å². The first kappa shape index (κ1) is 26.0. The van der Waals surface area contributed by atoms with Gasteiger partial charge in [0, 0.05) is 43.7 Å². The SMILES string of the molecule is Cc1cc(CN2CC[S+]([O-])CC2)ccc1COc1ccccc1-c1csc(N2CC(C)C(C(=O)O)C2)n1. The molecule has 2 saturated heterocycles. The summed E-state index contributed by atoms with van der Waals surface area (Å²) >= 11 is 0.890. The van der Waals surface area contributed by atoms with Gasteiger partial charge >= 0.3 is 5.97 Å². The molecule has 3 aromatic rings. The Labute approximate surface area is 225 Å². The fourth-order valence-electron chi connectivity index (χ4n) is 5.05. The van der Waals surface area contributed by atoms with Crippen molar-refractivity contribution in [2.45, 2.75) is 27.0 Å². The van der Waals surface area contributed by atoms with E-state index in [4.69, 9.17) is 9.72 Å². The van der Waals surface area contributed by atoms with Crippen LogP contribution in [0.15, 0.2) is 47.8 Å². The van der Waals surface area contributed by atoms with Crippen molar-refractivity contribution in [3.8, 4) is 17.0 Å². The van der Waals surface area contributed by atoms with Gasteiger partial charge in [-0.2, -0.15) is 0 Å². The van der Waals surface area contributed by atoms with Gasteiger partial charge in [0.25, 0.3) is 0 Å². The molecule has 5 rings (SSSR count). The van der Waals surface area contributed by atoms with E-state index in [1.54, 1.807) is 11.3 Å². The molecule has 0 aliphatic carbocycles. The zero-order valence-corrected chi connectivity index (χ0v) is 22.9. The summed E-state index contributed by atoms with van der Waals surface area (Å²) in [6.07, 6.45) is 0. The minimum Gasteiger partial charge on any atom is -0.616 e. The highest BCUT2D eigenvalue weighted by Gasteiger charge is 2.36. The van der Waals surface area contributed by atoms with Crippen LogP contribution in [0.5, 0.6) is 5.75 Å². The maximum atomic E-state index is 11.6. The molecule has 0 amide bonds. The molecule has 2 fully saturated rings. The lowest BCUT2D eigenvalue weighted by Crippen LogP contribution is -2.39. The van der Waals surface area contributed by atoms with E-state index in [1.165, 1.54) is 11.1 Å². The third-order valence-electron chi connectivity index (χ3n) is 7.32. The highest BCUT2D eigenvalue weighted by Crippen LogP contribution is 2.36. The minimum absolute atomic E-state index is 0.0977. The van der Waals surface area contributed by atoms with Crippen LogP contribution in [0.25, 0.3) is 11.3 Å². The van der Waals surface area contributed by atoms with E-state index in [0.717, 1.165) is 58.8 Å². The van der Waals surface area contributed by atoms with E-state index in [9.17, 15) is 14.5 Å². The smallest absolute Gasteiger partial charge is 0.308 e. The highest BCUT2D eigenvalue weighted by atomic mass is 32.2. The van der Waals surface area contributed by atoms with Gasteiger partial charge in [0.1, 0.15) is 23.9 Å². The molecule has 1 N–H and O–H groups in total. The molecule has 0 radical (unpaired) electrons. The number of carboxylic acids is 1. The van der Waals surface area contributed by atoms with Crippen molar-refractivity contribution < 1.29 is 19.2 Å². The van der Waals surface area contributed by atoms with Crippen LogP contribution in [0, 0.1) is 18.8 Å². The number of aliphatic carboxylic acids is 1. The number of aryl methyl sites for hydroxylation is 1. The van der Waals surface area contributed by atoms with Gasteiger partial charge in [-0.1, -0.05) is 48.4 Å². The molecular formula is C28H33N3O4S2. The van der Waals surface area contributed by atoms with Crippen molar-refractivity contribution in [3.63, 3.8) is 0 Å². The molecule has 7 nitrogen and oxygen atoms in total. The first-order valence-corrected chi connectivity index (χ1v) is 15.1. The zero-order chi connectivity index (χ0) is 25.9. The normalized spacial score (nSPS) is 20.9. The number of hydrogen-bond donors (Lipinski definition) is 1. The predicted octanol–water partition coefficient (Wildman–Crippen LogP) is 4.42. The van der Waals surface area contributed by atoms with Crippen molar-refractivity contribution in [3.05, 3.63) is 64.5 Å². The topological polar surface area (TPSA) is 89.0 Å². The summed E-state index contributed by atoms with van der Waals surface area (Å²) in [5.41, 5.74) is 5.39. The number of anilines is 1. The minimum atomic E-state index is -0.738. The van der Waals surface area contributed by atoms with Crippen LogP contribution in [0.2, 0.25) is 0 Å².